The minimum absolute atomic E-state index is 0.108. The van der Waals surface area contributed by atoms with Gasteiger partial charge in [0.2, 0.25) is 0 Å². The Morgan fingerprint density at radius 2 is 1.81 bits per heavy atom. The Hall–Kier alpha value is -3.45. The molecule has 160 valence electrons. The second-order valence-corrected chi connectivity index (χ2v) is 8.33. The van der Waals surface area contributed by atoms with Gasteiger partial charge in [0.15, 0.2) is 5.76 Å². The van der Waals surface area contributed by atoms with Crippen molar-refractivity contribution in [1.29, 1.82) is 0 Å². The van der Waals surface area contributed by atoms with Gasteiger partial charge >= 0.3 is 0 Å². The van der Waals surface area contributed by atoms with E-state index in [4.69, 9.17) is 0 Å². The van der Waals surface area contributed by atoms with Crippen molar-refractivity contribution >= 4 is 23.1 Å². The number of carbonyl (C=O) groups is 2. The predicted molar refractivity (Wildman–Crippen MR) is 118 cm³/mol. The van der Waals surface area contributed by atoms with Crippen LogP contribution in [0.1, 0.15) is 28.6 Å². The molecule has 1 amide bonds. The van der Waals surface area contributed by atoms with Gasteiger partial charge in [0.25, 0.3) is 11.7 Å². The quantitative estimate of drug-likeness (QED) is 0.373. The van der Waals surface area contributed by atoms with E-state index in [1.54, 1.807) is 22.4 Å². The third-order valence-corrected chi connectivity index (χ3v) is 5.71. The summed E-state index contributed by atoms with van der Waals surface area (Å²) in [7, 11) is 4.00. The van der Waals surface area contributed by atoms with E-state index in [1.807, 2.05) is 63.5 Å². The lowest BCUT2D eigenvalue weighted by Gasteiger charge is -2.25. The Labute approximate surface area is 181 Å². The van der Waals surface area contributed by atoms with Gasteiger partial charge < -0.3 is 14.9 Å². The molecule has 0 radical (unpaired) electrons. The first-order valence-corrected chi connectivity index (χ1v) is 10.4. The molecule has 1 saturated heterocycles. The zero-order valence-corrected chi connectivity index (χ0v) is 18.2. The maximum atomic E-state index is 13.1. The molecule has 4 rings (SSSR count). The zero-order chi connectivity index (χ0) is 22.3. The summed E-state index contributed by atoms with van der Waals surface area (Å²) in [4.78, 5) is 33.4. The summed E-state index contributed by atoms with van der Waals surface area (Å²) in [6, 6.07) is 12.6. The van der Waals surface area contributed by atoms with Crippen LogP contribution in [0.25, 0.3) is 11.4 Å². The smallest absolute Gasteiger partial charge is 0.295 e. The monoisotopic (exact) mass is 419 g/mol. The number of Topliss-reactive ketones (excluding diaryl/α,β-unsaturated/α-hetero) is 1. The first-order valence-electron chi connectivity index (χ1n) is 10.4. The van der Waals surface area contributed by atoms with Gasteiger partial charge in [-0.2, -0.15) is 0 Å². The Morgan fingerprint density at radius 3 is 2.48 bits per heavy atom. The average Bonchev–Trinajstić information content (AvgIpc) is 3.20. The number of aryl methyl sites for hydroxylation is 2. The molecule has 31 heavy (non-hydrogen) atoms. The molecule has 3 heterocycles. The number of ketones is 1. The molecule has 7 nitrogen and oxygen atoms in total. The molecule has 1 aliphatic rings. The molecule has 0 spiro atoms. The maximum Gasteiger partial charge on any atom is 0.295 e. The molecule has 0 bridgehead atoms. The fraction of sp³-hybridized carbons (Fsp3) is 0.292. The molecular formula is C24H27N4O3+. The third-order valence-electron chi connectivity index (χ3n) is 5.71. The Morgan fingerprint density at radius 1 is 1.10 bits per heavy atom. The van der Waals surface area contributed by atoms with Crippen LogP contribution in [0.3, 0.4) is 0 Å². The van der Waals surface area contributed by atoms with Gasteiger partial charge in [0.1, 0.15) is 11.3 Å². The Balaban J connectivity index is 1.92. The molecule has 2 N–H and O–H groups in total. The fourth-order valence-electron chi connectivity index (χ4n) is 4.08. The highest BCUT2D eigenvalue weighted by atomic mass is 16.3. The first kappa shape index (κ1) is 20.8. The minimum Gasteiger partial charge on any atom is -0.505 e. The summed E-state index contributed by atoms with van der Waals surface area (Å²) in [6.07, 6.45) is 1.79. The topological polar surface area (TPSA) is 79.3 Å². The fourth-order valence-corrected chi connectivity index (χ4v) is 4.08. The Kier molecular flexibility index (Phi) is 5.37. The van der Waals surface area contributed by atoms with E-state index in [0.29, 0.717) is 30.1 Å². The number of hydrogen-bond donors (Lipinski definition) is 2. The lowest BCUT2D eigenvalue weighted by Crippen LogP contribution is -3.06. The number of carbonyl (C=O) groups excluding carboxylic acids is 2. The van der Waals surface area contributed by atoms with Crippen molar-refractivity contribution in [1.82, 2.24) is 14.3 Å². The standard InChI is InChI=1S/C24H26N4O3/c1-15-8-10-17(11-9-15)21-19(23(30)24(31)28(21)14-13-26(3)4)22(29)20-16(2)25-18-7-5-6-12-27(18)20/h5-12,21,29H,13-14H2,1-4H3/p+1/b22-19+/t21-/m0/s1. The molecule has 0 aliphatic carbocycles. The van der Waals surface area contributed by atoms with Crippen molar-refractivity contribution < 1.29 is 19.6 Å². The van der Waals surface area contributed by atoms with E-state index in [9.17, 15) is 14.7 Å². The van der Waals surface area contributed by atoms with Gasteiger partial charge in [0.05, 0.1) is 44.5 Å². The number of amides is 1. The van der Waals surface area contributed by atoms with E-state index in [1.165, 1.54) is 4.90 Å². The number of nitrogens with zero attached hydrogens (tertiary/aromatic N) is 3. The zero-order valence-electron chi connectivity index (χ0n) is 18.2. The average molecular weight is 420 g/mol. The van der Waals surface area contributed by atoms with E-state index < -0.39 is 17.7 Å². The van der Waals surface area contributed by atoms with Gasteiger partial charge in [-0.25, -0.2) is 4.98 Å². The number of aromatic nitrogens is 2. The van der Waals surface area contributed by atoms with Gasteiger partial charge in [-0.3, -0.25) is 14.0 Å². The number of rotatable bonds is 5. The van der Waals surface area contributed by atoms with Crippen LogP contribution < -0.4 is 4.90 Å². The molecule has 1 atom stereocenters. The SMILES string of the molecule is Cc1ccc([C@H]2/C(=C(\O)c3c(C)nc4ccccn34)C(=O)C(=O)N2CC[NH+](C)C)cc1. The second kappa shape index (κ2) is 8.00. The van der Waals surface area contributed by atoms with Gasteiger partial charge in [-0.1, -0.05) is 35.9 Å². The van der Waals surface area contributed by atoms with Crippen LogP contribution >= 0.6 is 0 Å². The number of hydrogen-bond acceptors (Lipinski definition) is 4. The van der Waals surface area contributed by atoms with Crippen molar-refractivity contribution in [3.05, 3.63) is 76.7 Å². The van der Waals surface area contributed by atoms with E-state index >= 15 is 0 Å². The number of likely N-dealkylation sites (tertiary alicyclic amines) is 1. The number of nitrogens with one attached hydrogen (secondary N) is 1. The van der Waals surface area contributed by atoms with Crippen molar-refractivity contribution in [3.8, 4) is 0 Å². The summed E-state index contributed by atoms with van der Waals surface area (Å²) in [5.41, 5.74) is 3.68. The van der Waals surface area contributed by atoms with Crippen LogP contribution in [-0.2, 0) is 9.59 Å². The molecule has 2 aromatic heterocycles. The van der Waals surface area contributed by atoms with E-state index in [0.717, 1.165) is 11.1 Å². The summed E-state index contributed by atoms with van der Waals surface area (Å²) in [5, 5.41) is 11.4. The predicted octanol–water partition coefficient (Wildman–Crippen LogP) is 1.52. The molecule has 0 unspecified atom stereocenters. The van der Waals surface area contributed by atoms with Crippen molar-refractivity contribution in [2.75, 3.05) is 27.2 Å². The van der Waals surface area contributed by atoms with Crippen molar-refractivity contribution in [2.45, 2.75) is 19.9 Å². The highest BCUT2D eigenvalue weighted by Gasteiger charge is 2.46. The molecule has 1 fully saturated rings. The number of quaternary nitrogens is 1. The lowest BCUT2D eigenvalue weighted by atomic mass is 9.95. The van der Waals surface area contributed by atoms with Crippen LogP contribution in [0.4, 0.5) is 0 Å². The minimum atomic E-state index is -0.665. The van der Waals surface area contributed by atoms with Crippen LogP contribution in [-0.4, -0.2) is 58.3 Å². The maximum absolute atomic E-state index is 13.1. The van der Waals surface area contributed by atoms with E-state index in [2.05, 4.69) is 4.98 Å². The highest BCUT2D eigenvalue weighted by molar-refractivity contribution is 6.46. The van der Waals surface area contributed by atoms with Gasteiger partial charge in [-0.15, -0.1) is 0 Å². The molecular weight excluding hydrogens is 392 g/mol. The van der Waals surface area contributed by atoms with Crippen molar-refractivity contribution in [2.24, 2.45) is 0 Å². The number of pyridine rings is 1. The number of likely N-dealkylation sites (N-methyl/N-ethyl adjacent to an activating group) is 1. The van der Waals surface area contributed by atoms with E-state index in [-0.39, 0.29) is 11.3 Å². The summed E-state index contributed by atoms with van der Waals surface area (Å²) in [6.45, 7) is 4.87. The van der Waals surface area contributed by atoms with Crippen LogP contribution in [0.15, 0.2) is 54.2 Å². The van der Waals surface area contributed by atoms with Crippen LogP contribution in [0, 0.1) is 13.8 Å². The van der Waals surface area contributed by atoms with Gasteiger partial charge in [0, 0.05) is 6.20 Å². The number of benzene rings is 1. The number of aliphatic hydroxyl groups is 1. The molecule has 1 aliphatic heterocycles. The first-order chi connectivity index (χ1) is 14.8. The normalized spacial score (nSPS) is 18.5. The van der Waals surface area contributed by atoms with Crippen LogP contribution in [0.5, 0.6) is 0 Å². The summed E-state index contributed by atoms with van der Waals surface area (Å²) < 4.78 is 1.74. The molecule has 7 heteroatoms. The lowest BCUT2D eigenvalue weighted by molar-refractivity contribution is -0.857. The summed E-state index contributed by atoms with van der Waals surface area (Å²) in [5.74, 6) is -1.44. The Bertz CT molecular complexity index is 1190. The number of imidazole rings is 1. The largest absolute Gasteiger partial charge is 0.505 e. The second-order valence-electron chi connectivity index (χ2n) is 8.33. The molecule has 0 saturated carbocycles. The summed E-state index contributed by atoms with van der Waals surface area (Å²) >= 11 is 0. The third kappa shape index (κ3) is 3.61. The molecule has 3 aromatic rings. The van der Waals surface area contributed by atoms with Crippen molar-refractivity contribution in [3.63, 3.8) is 0 Å². The highest BCUT2D eigenvalue weighted by Crippen LogP contribution is 2.39. The number of fused-ring (bicyclic) bond motifs is 1. The number of aliphatic hydroxyl groups excluding tert-OH is 1. The molecule has 1 aromatic carbocycles. The van der Waals surface area contributed by atoms with Crippen LogP contribution in [0.2, 0.25) is 0 Å². The van der Waals surface area contributed by atoms with Gasteiger partial charge in [-0.05, 0) is 31.5 Å².